The molecule has 3 heteroatoms. The van der Waals surface area contributed by atoms with Crippen LogP contribution in [0, 0.1) is 0 Å². The first-order valence-electron chi connectivity index (χ1n) is 9.54. The maximum absolute atomic E-state index is 11.6. The van der Waals surface area contributed by atoms with E-state index in [2.05, 4.69) is 0 Å². The minimum Gasteiger partial charge on any atom is -0.298 e. The van der Waals surface area contributed by atoms with Crippen molar-refractivity contribution < 1.29 is 14.4 Å². The van der Waals surface area contributed by atoms with Crippen LogP contribution in [0.5, 0.6) is 0 Å². The molecule has 0 aliphatic carbocycles. The molecular formula is C27H18O3. The molecule has 4 rings (SSSR count). The predicted molar refractivity (Wildman–Crippen MR) is 119 cm³/mol. The molecule has 0 aromatic heterocycles. The van der Waals surface area contributed by atoms with Crippen LogP contribution < -0.4 is 0 Å². The Hall–Kier alpha value is -4.11. The van der Waals surface area contributed by atoms with Gasteiger partial charge in [-0.3, -0.25) is 14.4 Å². The summed E-state index contributed by atoms with van der Waals surface area (Å²) in [7, 11) is 0. The lowest BCUT2D eigenvalue weighted by Crippen LogP contribution is -1.93. The van der Waals surface area contributed by atoms with Crippen LogP contribution in [0.4, 0.5) is 0 Å². The van der Waals surface area contributed by atoms with Crippen LogP contribution in [0.1, 0.15) is 31.1 Å². The molecule has 30 heavy (non-hydrogen) atoms. The fraction of sp³-hybridized carbons (Fsp3) is 0. The van der Waals surface area contributed by atoms with Crippen LogP contribution in [-0.2, 0) is 0 Å². The molecule has 0 aliphatic rings. The molecule has 0 radical (unpaired) electrons. The molecule has 4 aromatic carbocycles. The van der Waals surface area contributed by atoms with E-state index in [-0.39, 0.29) is 0 Å². The zero-order chi connectivity index (χ0) is 20.9. The highest BCUT2D eigenvalue weighted by Gasteiger charge is 2.13. The molecule has 0 saturated carbocycles. The van der Waals surface area contributed by atoms with Crippen LogP contribution in [0.25, 0.3) is 33.4 Å². The zero-order valence-electron chi connectivity index (χ0n) is 16.1. The number of benzene rings is 4. The van der Waals surface area contributed by atoms with Crippen molar-refractivity contribution in [3.05, 3.63) is 108 Å². The smallest absolute Gasteiger partial charge is 0.150 e. The number of carbonyl (C=O) groups excluding carboxylic acids is 3. The van der Waals surface area contributed by atoms with Gasteiger partial charge in [-0.2, -0.15) is 0 Å². The van der Waals surface area contributed by atoms with Crippen molar-refractivity contribution in [2.45, 2.75) is 0 Å². The Morgan fingerprint density at radius 2 is 0.667 bits per heavy atom. The van der Waals surface area contributed by atoms with Crippen LogP contribution in [0.3, 0.4) is 0 Å². The number of rotatable bonds is 6. The summed E-state index contributed by atoms with van der Waals surface area (Å²) in [5.74, 6) is 0. The molecule has 144 valence electrons. The maximum Gasteiger partial charge on any atom is 0.150 e. The Balaban J connectivity index is 2.03. The molecule has 0 aliphatic heterocycles. The van der Waals surface area contributed by atoms with E-state index in [0.717, 1.165) is 52.2 Å². The fourth-order valence-corrected chi connectivity index (χ4v) is 3.68. The first-order chi connectivity index (χ1) is 14.7. The second-order valence-corrected chi connectivity index (χ2v) is 6.91. The van der Waals surface area contributed by atoms with Gasteiger partial charge < -0.3 is 0 Å². The average molecular weight is 390 g/mol. The van der Waals surface area contributed by atoms with Gasteiger partial charge in [-0.05, 0) is 51.6 Å². The van der Waals surface area contributed by atoms with Gasteiger partial charge in [-0.1, -0.05) is 72.8 Å². The van der Waals surface area contributed by atoms with Gasteiger partial charge in [-0.15, -0.1) is 0 Å². The first kappa shape index (κ1) is 19.2. The lowest BCUT2D eigenvalue weighted by Gasteiger charge is -2.14. The number of aldehydes is 3. The molecule has 3 nitrogen and oxygen atoms in total. The molecule has 0 bridgehead atoms. The Labute approximate surface area is 174 Å². The SMILES string of the molecule is O=Cc1ccccc1-c1cc(-c2ccccc2C=O)cc(-c2ccccc2C=O)c1. The van der Waals surface area contributed by atoms with Gasteiger partial charge >= 0.3 is 0 Å². The van der Waals surface area contributed by atoms with Crippen LogP contribution in [-0.4, -0.2) is 18.9 Å². The number of hydrogen-bond acceptors (Lipinski definition) is 3. The monoisotopic (exact) mass is 390 g/mol. The molecule has 0 unspecified atom stereocenters. The highest BCUT2D eigenvalue weighted by molar-refractivity contribution is 5.95. The Morgan fingerprint density at radius 3 is 0.933 bits per heavy atom. The molecule has 0 spiro atoms. The standard InChI is InChI=1S/C27H18O3/c28-16-19-7-1-4-10-25(19)22-13-23(26-11-5-2-8-20(26)17-29)15-24(14-22)27-12-6-3-9-21(27)18-30/h1-18H. The normalized spacial score (nSPS) is 10.4. The third-order valence-electron chi connectivity index (χ3n) is 5.13. The summed E-state index contributed by atoms with van der Waals surface area (Å²) in [6.07, 6.45) is 2.50. The predicted octanol–water partition coefficient (Wildman–Crippen LogP) is 6.13. The van der Waals surface area contributed by atoms with Crippen LogP contribution in [0.15, 0.2) is 91.0 Å². The second kappa shape index (κ2) is 8.50. The van der Waals surface area contributed by atoms with Gasteiger partial charge in [0.15, 0.2) is 18.9 Å². The summed E-state index contributed by atoms with van der Waals surface area (Å²) < 4.78 is 0. The fourth-order valence-electron chi connectivity index (χ4n) is 3.68. The van der Waals surface area contributed by atoms with E-state index in [9.17, 15) is 14.4 Å². The van der Waals surface area contributed by atoms with E-state index in [1.807, 2.05) is 72.8 Å². The highest BCUT2D eigenvalue weighted by atomic mass is 16.1. The lowest BCUT2D eigenvalue weighted by atomic mass is 9.89. The van der Waals surface area contributed by atoms with Crippen molar-refractivity contribution in [3.8, 4) is 33.4 Å². The van der Waals surface area contributed by atoms with Gasteiger partial charge in [0.25, 0.3) is 0 Å². The van der Waals surface area contributed by atoms with E-state index in [1.165, 1.54) is 0 Å². The van der Waals surface area contributed by atoms with Gasteiger partial charge in [0.2, 0.25) is 0 Å². The number of hydrogen-bond donors (Lipinski definition) is 0. The topological polar surface area (TPSA) is 51.2 Å². The Kier molecular flexibility index (Phi) is 5.44. The molecule has 0 saturated heterocycles. The Bertz CT molecular complexity index is 1090. The molecule has 0 atom stereocenters. The van der Waals surface area contributed by atoms with Crippen molar-refractivity contribution in [1.82, 2.24) is 0 Å². The zero-order valence-corrected chi connectivity index (χ0v) is 16.1. The van der Waals surface area contributed by atoms with E-state index in [4.69, 9.17) is 0 Å². The van der Waals surface area contributed by atoms with Gasteiger partial charge in [0.05, 0.1) is 0 Å². The molecular weight excluding hydrogens is 372 g/mol. The van der Waals surface area contributed by atoms with Crippen LogP contribution >= 0.6 is 0 Å². The van der Waals surface area contributed by atoms with E-state index < -0.39 is 0 Å². The number of carbonyl (C=O) groups is 3. The maximum atomic E-state index is 11.6. The summed E-state index contributed by atoms with van der Waals surface area (Å²) in [4.78, 5) is 34.9. The summed E-state index contributed by atoms with van der Waals surface area (Å²) in [5, 5.41) is 0. The van der Waals surface area contributed by atoms with E-state index in [1.54, 1.807) is 18.2 Å². The van der Waals surface area contributed by atoms with Crippen molar-refractivity contribution in [1.29, 1.82) is 0 Å². The highest BCUT2D eigenvalue weighted by Crippen LogP contribution is 2.35. The quantitative estimate of drug-likeness (QED) is 0.372. The summed E-state index contributed by atoms with van der Waals surface area (Å²) >= 11 is 0. The van der Waals surface area contributed by atoms with Gasteiger partial charge in [0, 0.05) is 16.7 Å². The van der Waals surface area contributed by atoms with Crippen molar-refractivity contribution in [2.75, 3.05) is 0 Å². The molecule has 0 fully saturated rings. The van der Waals surface area contributed by atoms with Crippen molar-refractivity contribution >= 4 is 18.9 Å². The van der Waals surface area contributed by atoms with Gasteiger partial charge in [-0.25, -0.2) is 0 Å². The third-order valence-corrected chi connectivity index (χ3v) is 5.13. The lowest BCUT2D eigenvalue weighted by molar-refractivity contribution is 0.111. The van der Waals surface area contributed by atoms with Crippen LogP contribution in [0.2, 0.25) is 0 Å². The third kappa shape index (κ3) is 3.61. The molecule has 4 aromatic rings. The minimum atomic E-state index is 0.577. The van der Waals surface area contributed by atoms with E-state index >= 15 is 0 Å². The van der Waals surface area contributed by atoms with Crippen molar-refractivity contribution in [3.63, 3.8) is 0 Å². The molecule has 0 heterocycles. The summed E-state index contributed by atoms with van der Waals surface area (Å²) in [6, 6.07) is 28.0. The first-order valence-corrected chi connectivity index (χ1v) is 9.54. The van der Waals surface area contributed by atoms with Gasteiger partial charge in [0.1, 0.15) is 0 Å². The van der Waals surface area contributed by atoms with E-state index in [0.29, 0.717) is 16.7 Å². The summed E-state index contributed by atoms with van der Waals surface area (Å²) in [6.45, 7) is 0. The second-order valence-electron chi connectivity index (χ2n) is 6.91. The Morgan fingerprint density at radius 1 is 0.400 bits per heavy atom. The molecule has 0 N–H and O–H groups in total. The van der Waals surface area contributed by atoms with Crippen molar-refractivity contribution in [2.24, 2.45) is 0 Å². The largest absolute Gasteiger partial charge is 0.298 e. The average Bonchev–Trinajstić information content (AvgIpc) is 2.83. The summed E-state index contributed by atoms with van der Waals surface area (Å²) in [5.41, 5.74) is 6.63. The minimum absolute atomic E-state index is 0.577. The molecule has 0 amide bonds.